The first-order valence-electron chi connectivity index (χ1n) is 9.25. The number of thiophene rings is 1. The van der Waals surface area contributed by atoms with Crippen molar-refractivity contribution in [2.45, 2.75) is 39.2 Å². The quantitative estimate of drug-likeness (QED) is 0.746. The van der Waals surface area contributed by atoms with Gasteiger partial charge in [-0.1, -0.05) is 0 Å². The van der Waals surface area contributed by atoms with E-state index < -0.39 is 30.1 Å². The summed E-state index contributed by atoms with van der Waals surface area (Å²) in [5, 5.41) is 4.74. The molecule has 1 aliphatic carbocycles. The van der Waals surface area contributed by atoms with Crippen LogP contribution < -0.4 is 15.4 Å². The van der Waals surface area contributed by atoms with Gasteiger partial charge in [-0.05, 0) is 74.6 Å². The van der Waals surface area contributed by atoms with Gasteiger partial charge in [0.2, 0.25) is 0 Å². The molecule has 3 rings (SSSR count). The lowest BCUT2D eigenvalue weighted by molar-refractivity contribution is -0.123. The van der Waals surface area contributed by atoms with Crippen LogP contribution in [0, 0.1) is 0 Å². The minimum absolute atomic E-state index is 0.436. The van der Waals surface area contributed by atoms with Gasteiger partial charge in [0.05, 0.1) is 7.11 Å². The third-order valence-electron chi connectivity index (χ3n) is 4.31. The number of benzene rings is 1. The van der Waals surface area contributed by atoms with E-state index in [9.17, 15) is 14.4 Å². The zero-order valence-corrected chi connectivity index (χ0v) is 17.7. The summed E-state index contributed by atoms with van der Waals surface area (Å²) in [6.07, 6.45) is 1.70. The molecule has 0 aliphatic heterocycles. The van der Waals surface area contributed by atoms with E-state index >= 15 is 0 Å². The number of hydrogen-bond acceptors (Lipinski definition) is 6. The zero-order chi connectivity index (χ0) is 21.2. The number of amides is 3. The van der Waals surface area contributed by atoms with Gasteiger partial charge in [0.25, 0.3) is 5.91 Å². The standard InChI is InChI=1S/C21H24N2O5S/c1-21(2,3)23-20(26)22-17(24)11-28-19(25)16-10-13-6-5-12-9-14(27-4)7-8-15(12)18(13)29-16/h7-10H,5-6,11H2,1-4H3,(H2,22,23,24,26). The second kappa shape index (κ2) is 8.24. The summed E-state index contributed by atoms with van der Waals surface area (Å²) in [6.45, 7) is 4.87. The Morgan fingerprint density at radius 1 is 1.10 bits per heavy atom. The molecule has 0 bridgehead atoms. The lowest BCUT2D eigenvalue weighted by Gasteiger charge is -2.20. The molecule has 1 aliphatic rings. The van der Waals surface area contributed by atoms with Crippen LogP contribution in [-0.4, -0.2) is 37.2 Å². The Balaban J connectivity index is 1.62. The summed E-state index contributed by atoms with van der Waals surface area (Å²) in [5.74, 6) is -0.449. The summed E-state index contributed by atoms with van der Waals surface area (Å²) in [7, 11) is 1.64. The minimum Gasteiger partial charge on any atom is -0.497 e. The van der Waals surface area contributed by atoms with Crippen molar-refractivity contribution in [1.82, 2.24) is 10.6 Å². The smallest absolute Gasteiger partial charge is 0.348 e. The lowest BCUT2D eigenvalue weighted by Crippen LogP contribution is -2.49. The number of aryl methyl sites for hydroxylation is 2. The Labute approximate surface area is 173 Å². The predicted molar refractivity (Wildman–Crippen MR) is 110 cm³/mol. The molecule has 0 saturated heterocycles. The Kier molecular flexibility index (Phi) is 5.93. The van der Waals surface area contributed by atoms with Crippen LogP contribution in [0.25, 0.3) is 10.4 Å². The Morgan fingerprint density at radius 2 is 1.83 bits per heavy atom. The number of urea groups is 1. The molecule has 0 saturated carbocycles. The lowest BCUT2D eigenvalue weighted by atomic mass is 9.91. The van der Waals surface area contributed by atoms with Gasteiger partial charge in [-0.15, -0.1) is 11.3 Å². The molecular weight excluding hydrogens is 392 g/mol. The number of carbonyl (C=O) groups is 3. The normalized spacial score (nSPS) is 12.4. The minimum atomic E-state index is -0.682. The van der Waals surface area contributed by atoms with Gasteiger partial charge in [0.1, 0.15) is 10.6 Å². The molecule has 0 radical (unpaired) electrons. The molecule has 1 heterocycles. The monoisotopic (exact) mass is 416 g/mol. The van der Waals surface area contributed by atoms with Crippen LogP contribution in [0.1, 0.15) is 41.6 Å². The molecule has 3 amide bonds. The SMILES string of the molecule is COc1ccc2c(c1)CCc1cc(C(=O)OCC(=O)NC(=O)NC(C)(C)C)sc1-2. The zero-order valence-electron chi connectivity index (χ0n) is 16.9. The molecule has 2 N–H and O–H groups in total. The molecule has 1 aromatic carbocycles. The number of rotatable bonds is 4. The third kappa shape index (κ3) is 5.14. The van der Waals surface area contributed by atoms with E-state index in [-0.39, 0.29) is 0 Å². The maximum absolute atomic E-state index is 12.4. The fourth-order valence-corrected chi connectivity index (χ4v) is 4.24. The van der Waals surface area contributed by atoms with E-state index in [1.165, 1.54) is 16.9 Å². The highest BCUT2D eigenvalue weighted by Gasteiger charge is 2.23. The topological polar surface area (TPSA) is 93.7 Å². The number of hydrogen-bond donors (Lipinski definition) is 2. The third-order valence-corrected chi connectivity index (χ3v) is 5.50. The molecule has 29 heavy (non-hydrogen) atoms. The highest BCUT2D eigenvalue weighted by molar-refractivity contribution is 7.17. The van der Waals surface area contributed by atoms with Crippen LogP contribution in [0.3, 0.4) is 0 Å². The fraction of sp³-hybridized carbons (Fsp3) is 0.381. The van der Waals surface area contributed by atoms with Crippen molar-refractivity contribution in [3.05, 3.63) is 40.3 Å². The van der Waals surface area contributed by atoms with Gasteiger partial charge in [-0.2, -0.15) is 0 Å². The van der Waals surface area contributed by atoms with Crippen molar-refractivity contribution < 1.29 is 23.9 Å². The first-order valence-corrected chi connectivity index (χ1v) is 10.1. The Hall–Kier alpha value is -2.87. The van der Waals surface area contributed by atoms with Crippen molar-refractivity contribution in [3.63, 3.8) is 0 Å². The highest BCUT2D eigenvalue weighted by Crippen LogP contribution is 2.40. The molecule has 1 aromatic heterocycles. The first kappa shape index (κ1) is 20.9. The largest absolute Gasteiger partial charge is 0.497 e. The number of ether oxygens (including phenoxy) is 2. The number of imide groups is 1. The predicted octanol–water partition coefficient (Wildman–Crippen LogP) is 3.30. The van der Waals surface area contributed by atoms with Gasteiger partial charge >= 0.3 is 12.0 Å². The van der Waals surface area contributed by atoms with Crippen molar-refractivity contribution in [2.24, 2.45) is 0 Å². The summed E-state index contributed by atoms with van der Waals surface area (Å²) >= 11 is 1.35. The van der Waals surface area contributed by atoms with E-state index in [1.54, 1.807) is 27.9 Å². The molecule has 154 valence electrons. The molecule has 0 atom stereocenters. The average Bonchev–Trinajstić information content (AvgIpc) is 3.08. The van der Waals surface area contributed by atoms with E-state index in [1.807, 2.05) is 24.3 Å². The number of carbonyl (C=O) groups excluding carboxylic acids is 3. The van der Waals surface area contributed by atoms with Crippen LogP contribution in [0.15, 0.2) is 24.3 Å². The van der Waals surface area contributed by atoms with E-state index in [2.05, 4.69) is 10.6 Å². The first-order chi connectivity index (χ1) is 13.7. The van der Waals surface area contributed by atoms with Crippen LogP contribution in [0.2, 0.25) is 0 Å². The second-order valence-electron chi connectivity index (χ2n) is 7.82. The van der Waals surface area contributed by atoms with Crippen molar-refractivity contribution in [3.8, 4) is 16.2 Å². The Morgan fingerprint density at radius 3 is 2.52 bits per heavy atom. The molecule has 8 heteroatoms. The van der Waals surface area contributed by atoms with Crippen LogP contribution in [0.4, 0.5) is 4.79 Å². The van der Waals surface area contributed by atoms with E-state index in [4.69, 9.17) is 9.47 Å². The van der Waals surface area contributed by atoms with Crippen LogP contribution in [-0.2, 0) is 22.4 Å². The number of esters is 1. The number of nitrogens with one attached hydrogen (secondary N) is 2. The molecule has 0 spiro atoms. The van der Waals surface area contributed by atoms with Gasteiger partial charge in [0.15, 0.2) is 6.61 Å². The summed E-state index contributed by atoms with van der Waals surface area (Å²) in [6, 6.07) is 7.11. The van der Waals surface area contributed by atoms with E-state index in [0.717, 1.165) is 34.6 Å². The fourth-order valence-electron chi connectivity index (χ4n) is 3.07. The molecular formula is C21H24N2O5S. The molecule has 0 fully saturated rings. The summed E-state index contributed by atoms with van der Waals surface area (Å²) in [4.78, 5) is 37.4. The highest BCUT2D eigenvalue weighted by atomic mass is 32.1. The van der Waals surface area contributed by atoms with Gasteiger partial charge in [0, 0.05) is 10.4 Å². The van der Waals surface area contributed by atoms with Gasteiger partial charge in [-0.25, -0.2) is 9.59 Å². The van der Waals surface area contributed by atoms with Crippen molar-refractivity contribution in [1.29, 1.82) is 0 Å². The molecule has 7 nitrogen and oxygen atoms in total. The second-order valence-corrected chi connectivity index (χ2v) is 8.87. The van der Waals surface area contributed by atoms with Crippen molar-refractivity contribution in [2.75, 3.05) is 13.7 Å². The van der Waals surface area contributed by atoms with Gasteiger partial charge in [-0.3, -0.25) is 10.1 Å². The molecule has 0 unspecified atom stereocenters. The van der Waals surface area contributed by atoms with Gasteiger partial charge < -0.3 is 14.8 Å². The number of methoxy groups -OCH3 is 1. The summed E-state index contributed by atoms with van der Waals surface area (Å²) < 4.78 is 10.4. The summed E-state index contributed by atoms with van der Waals surface area (Å²) in [5.41, 5.74) is 2.89. The number of fused-ring (bicyclic) bond motifs is 3. The molecule has 2 aromatic rings. The average molecular weight is 416 g/mol. The Bertz CT molecular complexity index is 958. The van der Waals surface area contributed by atoms with Crippen LogP contribution >= 0.6 is 11.3 Å². The maximum Gasteiger partial charge on any atom is 0.348 e. The van der Waals surface area contributed by atoms with E-state index in [0.29, 0.717) is 4.88 Å². The maximum atomic E-state index is 12.4. The van der Waals surface area contributed by atoms with Crippen molar-refractivity contribution >= 4 is 29.2 Å². The van der Waals surface area contributed by atoms with Crippen LogP contribution in [0.5, 0.6) is 5.75 Å².